The zero-order valence-electron chi connectivity index (χ0n) is 10.3. The number of nitriles is 1. The van der Waals surface area contributed by atoms with Crippen LogP contribution in [0.5, 0.6) is 0 Å². The Labute approximate surface area is 105 Å². The minimum Gasteiger partial charge on any atom is -0.481 e. The number of carboxylic acids is 1. The van der Waals surface area contributed by atoms with Gasteiger partial charge in [0.1, 0.15) is 11.6 Å². The van der Waals surface area contributed by atoms with E-state index in [0.717, 1.165) is 5.56 Å². The summed E-state index contributed by atoms with van der Waals surface area (Å²) in [4.78, 5) is 11.0. The second-order valence-electron chi connectivity index (χ2n) is 4.68. The summed E-state index contributed by atoms with van der Waals surface area (Å²) in [7, 11) is 0. The fraction of sp³-hybridized carbons (Fsp3) is 0.500. The van der Waals surface area contributed by atoms with Crippen molar-refractivity contribution in [1.82, 2.24) is 10.2 Å². The number of nitrogens with one attached hydrogen (secondary N) is 1. The lowest BCUT2D eigenvalue weighted by Crippen LogP contribution is -2.25. The van der Waals surface area contributed by atoms with Crippen LogP contribution < -0.4 is 5.32 Å². The molecule has 2 rings (SSSR count). The van der Waals surface area contributed by atoms with Crippen molar-refractivity contribution in [2.24, 2.45) is 5.41 Å². The summed E-state index contributed by atoms with van der Waals surface area (Å²) in [5.41, 5.74) is 1.23. The van der Waals surface area contributed by atoms with Crippen molar-refractivity contribution in [3.05, 3.63) is 16.8 Å². The van der Waals surface area contributed by atoms with Crippen LogP contribution in [-0.4, -0.2) is 27.8 Å². The van der Waals surface area contributed by atoms with Gasteiger partial charge < -0.3 is 10.4 Å². The minimum atomic E-state index is -0.801. The van der Waals surface area contributed by atoms with Crippen LogP contribution in [-0.2, 0) is 4.79 Å². The smallest absolute Gasteiger partial charge is 0.311 e. The molecular formula is C12H14N4O2. The average molecular weight is 246 g/mol. The Balaban J connectivity index is 2.18. The molecule has 1 aliphatic carbocycles. The molecular weight excluding hydrogens is 232 g/mol. The van der Waals surface area contributed by atoms with Crippen LogP contribution in [0.25, 0.3) is 0 Å². The van der Waals surface area contributed by atoms with Crippen LogP contribution in [0.3, 0.4) is 0 Å². The van der Waals surface area contributed by atoms with Crippen LogP contribution in [0.4, 0.5) is 5.82 Å². The largest absolute Gasteiger partial charge is 0.481 e. The standard InChI is InChI=1S/C12H14N4O2/c1-7-8(2)15-16-10(9(7)5-13)14-6-12(3-4-12)11(17)18/h3-4,6H2,1-2H3,(H,14,16)(H,17,18). The third-order valence-corrected chi connectivity index (χ3v) is 3.47. The molecule has 1 aromatic rings. The lowest BCUT2D eigenvalue weighted by molar-refractivity contribution is -0.142. The molecule has 0 bridgehead atoms. The van der Waals surface area contributed by atoms with Crippen molar-refractivity contribution in [2.75, 3.05) is 11.9 Å². The molecule has 1 heterocycles. The Morgan fingerprint density at radius 1 is 1.50 bits per heavy atom. The highest BCUT2D eigenvalue weighted by Gasteiger charge is 2.50. The van der Waals surface area contributed by atoms with Gasteiger partial charge in [-0.2, -0.15) is 10.4 Å². The van der Waals surface area contributed by atoms with Gasteiger partial charge in [0.25, 0.3) is 0 Å². The van der Waals surface area contributed by atoms with E-state index >= 15 is 0 Å². The third kappa shape index (κ3) is 1.99. The van der Waals surface area contributed by atoms with E-state index in [0.29, 0.717) is 29.9 Å². The van der Waals surface area contributed by atoms with Gasteiger partial charge in [-0.05, 0) is 32.3 Å². The number of rotatable bonds is 4. The number of carboxylic acid groups (broad SMARTS) is 1. The van der Waals surface area contributed by atoms with Crippen molar-refractivity contribution in [1.29, 1.82) is 5.26 Å². The number of aromatic nitrogens is 2. The molecule has 0 aromatic carbocycles. The van der Waals surface area contributed by atoms with Gasteiger partial charge in [-0.25, -0.2) is 0 Å². The Bertz CT molecular complexity index is 544. The summed E-state index contributed by atoms with van der Waals surface area (Å²) in [6.45, 7) is 3.87. The summed E-state index contributed by atoms with van der Waals surface area (Å²) in [6.07, 6.45) is 1.32. The van der Waals surface area contributed by atoms with E-state index in [2.05, 4.69) is 21.6 Å². The molecule has 0 unspecified atom stereocenters. The maximum atomic E-state index is 11.0. The van der Waals surface area contributed by atoms with Gasteiger partial charge in [0.15, 0.2) is 5.82 Å². The number of aryl methyl sites for hydroxylation is 1. The van der Waals surface area contributed by atoms with E-state index in [-0.39, 0.29) is 6.54 Å². The summed E-state index contributed by atoms with van der Waals surface area (Å²) in [5.74, 6) is -0.432. The van der Waals surface area contributed by atoms with Crippen LogP contribution in [0, 0.1) is 30.6 Å². The predicted octanol–water partition coefficient (Wildman–Crippen LogP) is 1.24. The molecule has 1 saturated carbocycles. The highest BCUT2D eigenvalue weighted by molar-refractivity contribution is 5.78. The summed E-state index contributed by atoms with van der Waals surface area (Å²) < 4.78 is 0. The molecule has 0 radical (unpaired) electrons. The van der Waals surface area contributed by atoms with Gasteiger partial charge in [0.05, 0.1) is 11.1 Å². The predicted molar refractivity (Wildman–Crippen MR) is 64.0 cm³/mol. The van der Waals surface area contributed by atoms with E-state index in [1.165, 1.54) is 0 Å². The molecule has 0 atom stereocenters. The molecule has 18 heavy (non-hydrogen) atoms. The van der Waals surface area contributed by atoms with Crippen molar-refractivity contribution in [3.63, 3.8) is 0 Å². The first-order valence-electron chi connectivity index (χ1n) is 5.71. The van der Waals surface area contributed by atoms with Crippen LogP contribution in [0.1, 0.15) is 29.7 Å². The number of carbonyl (C=O) groups is 1. The molecule has 6 heteroatoms. The SMILES string of the molecule is Cc1nnc(NCC2(C(=O)O)CC2)c(C#N)c1C. The molecule has 0 saturated heterocycles. The second kappa shape index (κ2) is 4.26. The Hall–Kier alpha value is -2.16. The maximum Gasteiger partial charge on any atom is 0.311 e. The highest BCUT2D eigenvalue weighted by atomic mass is 16.4. The number of nitrogens with zero attached hydrogens (tertiary/aromatic N) is 3. The molecule has 1 fully saturated rings. The molecule has 0 spiro atoms. The molecule has 6 nitrogen and oxygen atoms in total. The van der Waals surface area contributed by atoms with Gasteiger partial charge in [0.2, 0.25) is 0 Å². The average Bonchev–Trinajstić information content (AvgIpc) is 3.12. The summed E-state index contributed by atoms with van der Waals surface area (Å²) in [6, 6.07) is 2.08. The number of hydrogen-bond donors (Lipinski definition) is 2. The molecule has 2 N–H and O–H groups in total. The normalized spacial score (nSPS) is 15.8. The van der Waals surface area contributed by atoms with Crippen molar-refractivity contribution < 1.29 is 9.90 Å². The number of aliphatic carboxylic acids is 1. The van der Waals surface area contributed by atoms with Crippen molar-refractivity contribution >= 4 is 11.8 Å². The summed E-state index contributed by atoms with van der Waals surface area (Å²) >= 11 is 0. The quantitative estimate of drug-likeness (QED) is 0.829. The van der Waals surface area contributed by atoms with E-state index < -0.39 is 11.4 Å². The first kappa shape index (κ1) is 12.3. The lowest BCUT2D eigenvalue weighted by atomic mass is 10.1. The van der Waals surface area contributed by atoms with Gasteiger partial charge in [-0.15, -0.1) is 5.10 Å². The molecule has 0 aliphatic heterocycles. The Morgan fingerprint density at radius 3 is 2.67 bits per heavy atom. The Morgan fingerprint density at radius 2 is 2.17 bits per heavy atom. The van der Waals surface area contributed by atoms with Crippen LogP contribution in [0.15, 0.2) is 0 Å². The van der Waals surface area contributed by atoms with E-state index in [4.69, 9.17) is 10.4 Å². The molecule has 94 valence electrons. The highest BCUT2D eigenvalue weighted by Crippen LogP contribution is 2.45. The monoisotopic (exact) mass is 246 g/mol. The van der Waals surface area contributed by atoms with Gasteiger partial charge in [-0.1, -0.05) is 0 Å². The number of anilines is 1. The topological polar surface area (TPSA) is 98.9 Å². The minimum absolute atomic E-state index is 0.286. The fourth-order valence-electron chi connectivity index (χ4n) is 1.74. The second-order valence-corrected chi connectivity index (χ2v) is 4.68. The maximum absolute atomic E-state index is 11.0. The zero-order chi connectivity index (χ0) is 13.3. The molecule has 1 aliphatic rings. The summed E-state index contributed by atoms with van der Waals surface area (Å²) in [5, 5.41) is 29.0. The number of hydrogen-bond acceptors (Lipinski definition) is 5. The first-order chi connectivity index (χ1) is 8.50. The van der Waals surface area contributed by atoms with E-state index in [1.807, 2.05) is 0 Å². The molecule has 1 aromatic heterocycles. The van der Waals surface area contributed by atoms with E-state index in [9.17, 15) is 4.79 Å². The first-order valence-corrected chi connectivity index (χ1v) is 5.71. The third-order valence-electron chi connectivity index (χ3n) is 3.47. The zero-order valence-corrected chi connectivity index (χ0v) is 10.3. The molecule has 0 amide bonds. The fourth-order valence-corrected chi connectivity index (χ4v) is 1.74. The van der Waals surface area contributed by atoms with Crippen LogP contribution in [0.2, 0.25) is 0 Å². The van der Waals surface area contributed by atoms with Crippen molar-refractivity contribution in [2.45, 2.75) is 26.7 Å². The van der Waals surface area contributed by atoms with Gasteiger partial charge in [-0.3, -0.25) is 4.79 Å². The van der Waals surface area contributed by atoms with Crippen LogP contribution >= 0.6 is 0 Å². The lowest BCUT2D eigenvalue weighted by Gasteiger charge is -2.13. The van der Waals surface area contributed by atoms with Crippen molar-refractivity contribution in [3.8, 4) is 6.07 Å². The van der Waals surface area contributed by atoms with Gasteiger partial charge >= 0.3 is 5.97 Å². The Kier molecular flexibility index (Phi) is 2.91. The van der Waals surface area contributed by atoms with Gasteiger partial charge in [0, 0.05) is 6.54 Å². The van der Waals surface area contributed by atoms with E-state index in [1.54, 1.807) is 13.8 Å².